The molecule has 13 nitrogen and oxygen atoms in total. The summed E-state index contributed by atoms with van der Waals surface area (Å²) >= 11 is 0. The van der Waals surface area contributed by atoms with Crippen molar-refractivity contribution in [1.29, 1.82) is 0 Å². The zero-order valence-corrected chi connectivity index (χ0v) is 29.4. The van der Waals surface area contributed by atoms with Gasteiger partial charge in [-0.1, -0.05) is 32.6 Å². The van der Waals surface area contributed by atoms with Gasteiger partial charge in [0.15, 0.2) is 0 Å². The summed E-state index contributed by atoms with van der Waals surface area (Å²) in [5.74, 6) is -0.384. The van der Waals surface area contributed by atoms with Crippen LogP contribution in [0.1, 0.15) is 59.8 Å². The molecular formula is C33H66O13. The molecule has 0 aromatic heterocycles. The highest BCUT2D eigenvalue weighted by Crippen LogP contribution is 2.06. The van der Waals surface area contributed by atoms with E-state index >= 15 is 0 Å². The van der Waals surface area contributed by atoms with E-state index in [0.29, 0.717) is 132 Å². The van der Waals surface area contributed by atoms with Crippen LogP contribution in [0.3, 0.4) is 0 Å². The number of hydrogen-bond acceptors (Lipinski definition) is 13. The Hall–Kier alpha value is -0.970. The van der Waals surface area contributed by atoms with Gasteiger partial charge in [-0.3, -0.25) is 0 Å². The molecule has 0 fully saturated rings. The molecule has 0 amide bonds. The smallest absolute Gasteiger partial charge is 0.332 e. The zero-order chi connectivity index (χ0) is 33.7. The number of unbranched alkanes of at least 4 members (excludes halogenated alkanes) is 4. The van der Waals surface area contributed by atoms with Crippen LogP contribution in [0.2, 0.25) is 0 Å². The van der Waals surface area contributed by atoms with Crippen molar-refractivity contribution >= 4 is 5.97 Å². The summed E-state index contributed by atoms with van der Waals surface area (Å²) in [6.45, 7) is 18.4. The van der Waals surface area contributed by atoms with Gasteiger partial charge in [-0.2, -0.15) is 0 Å². The maximum atomic E-state index is 11.5. The van der Waals surface area contributed by atoms with E-state index in [0.717, 1.165) is 13.0 Å². The SMILES string of the molecule is CCCCCCCOCCOCCOCCOCCOCCOCCOCCOCCOCCOCCOCC(=O)OC(C)(C)C. The molecule has 13 heteroatoms. The number of rotatable bonds is 38. The summed E-state index contributed by atoms with van der Waals surface area (Å²) in [5.41, 5.74) is -0.509. The van der Waals surface area contributed by atoms with E-state index < -0.39 is 5.60 Å². The van der Waals surface area contributed by atoms with Crippen molar-refractivity contribution in [3.05, 3.63) is 0 Å². The summed E-state index contributed by atoms with van der Waals surface area (Å²) in [6.07, 6.45) is 6.26. The molecule has 276 valence electrons. The molecule has 0 N–H and O–H groups in total. The Kier molecular flexibility index (Phi) is 36.1. The van der Waals surface area contributed by atoms with E-state index in [9.17, 15) is 4.79 Å². The van der Waals surface area contributed by atoms with Crippen molar-refractivity contribution in [3.8, 4) is 0 Å². The van der Waals surface area contributed by atoms with Gasteiger partial charge in [-0.25, -0.2) is 4.79 Å². The normalized spacial score (nSPS) is 11.8. The van der Waals surface area contributed by atoms with Gasteiger partial charge in [0.25, 0.3) is 0 Å². The van der Waals surface area contributed by atoms with E-state index in [-0.39, 0.29) is 12.6 Å². The van der Waals surface area contributed by atoms with Crippen LogP contribution in [0.15, 0.2) is 0 Å². The Morgan fingerprint density at radius 1 is 0.370 bits per heavy atom. The van der Waals surface area contributed by atoms with E-state index in [1.807, 2.05) is 20.8 Å². The molecule has 0 aromatic rings. The lowest BCUT2D eigenvalue weighted by atomic mass is 10.2. The third-order valence-corrected chi connectivity index (χ3v) is 5.75. The fraction of sp³-hybridized carbons (Fsp3) is 0.970. The largest absolute Gasteiger partial charge is 0.458 e. The summed E-state index contributed by atoms with van der Waals surface area (Å²) in [6, 6.07) is 0. The maximum absolute atomic E-state index is 11.5. The number of hydrogen-bond donors (Lipinski definition) is 0. The molecule has 0 aliphatic rings. The van der Waals surface area contributed by atoms with E-state index in [1.165, 1.54) is 25.7 Å². The molecule has 0 rings (SSSR count). The summed E-state index contributed by atoms with van der Waals surface area (Å²) < 4.78 is 65.1. The van der Waals surface area contributed by atoms with Crippen molar-refractivity contribution < 1.29 is 61.6 Å². The second kappa shape index (κ2) is 36.9. The minimum atomic E-state index is -0.509. The van der Waals surface area contributed by atoms with Crippen LogP contribution in [0.5, 0.6) is 0 Å². The van der Waals surface area contributed by atoms with Crippen LogP contribution in [0, 0.1) is 0 Å². The molecule has 0 atom stereocenters. The number of carbonyl (C=O) groups excluding carboxylic acids is 1. The third kappa shape index (κ3) is 41.1. The Morgan fingerprint density at radius 2 is 0.630 bits per heavy atom. The highest BCUT2D eigenvalue weighted by molar-refractivity contribution is 5.71. The van der Waals surface area contributed by atoms with Gasteiger partial charge in [0.05, 0.1) is 132 Å². The van der Waals surface area contributed by atoms with E-state index in [1.54, 1.807) is 0 Å². The molecule has 0 heterocycles. The lowest BCUT2D eigenvalue weighted by Gasteiger charge is -2.19. The summed E-state index contributed by atoms with van der Waals surface area (Å²) in [7, 11) is 0. The predicted molar refractivity (Wildman–Crippen MR) is 174 cm³/mol. The first-order chi connectivity index (χ1) is 22.5. The first-order valence-corrected chi connectivity index (χ1v) is 17.0. The predicted octanol–water partition coefficient (Wildman–Crippen LogP) is 3.48. The highest BCUT2D eigenvalue weighted by Gasteiger charge is 2.15. The molecular weight excluding hydrogens is 604 g/mol. The van der Waals surface area contributed by atoms with Gasteiger partial charge in [-0.15, -0.1) is 0 Å². The minimum absolute atomic E-state index is 0.0807. The summed E-state index contributed by atoms with van der Waals surface area (Å²) in [5, 5.41) is 0. The van der Waals surface area contributed by atoms with Crippen molar-refractivity contribution in [1.82, 2.24) is 0 Å². The van der Waals surface area contributed by atoms with E-state index in [4.69, 9.17) is 56.8 Å². The Labute approximate surface area is 278 Å². The lowest BCUT2D eigenvalue weighted by molar-refractivity contribution is -0.160. The first-order valence-electron chi connectivity index (χ1n) is 17.0. The number of carbonyl (C=O) groups is 1. The monoisotopic (exact) mass is 670 g/mol. The fourth-order valence-electron chi connectivity index (χ4n) is 3.53. The molecule has 0 unspecified atom stereocenters. The minimum Gasteiger partial charge on any atom is -0.458 e. The Balaban J connectivity index is 3.09. The molecule has 0 aromatic carbocycles. The maximum Gasteiger partial charge on any atom is 0.332 e. The van der Waals surface area contributed by atoms with Gasteiger partial charge in [0, 0.05) is 6.61 Å². The first kappa shape index (κ1) is 45.0. The van der Waals surface area contributed by atoms with Crippen molar-refractivity contribution in [2.45, 2.75) is 65.4 Å². The fourth-order valence-corrected chi connectivity index (χ4v) is 3.53. The average Bonchev–Trinajstić information content (AvgIpc) is 3.01. The van der Waals surface area contributed by atoms with Crippen LogP contribution in [0.4, 0.5) is 0 Å². The van der Waals surface area contributed by atoms with Gasteiger partial charge < -0.3 is 56.8 Å². The molecule has 46 heavy (non-hydrogen) atoms. The lowest BCUT2D eigenvalue weighted by Crippen LogP contribution is -2.27. The number of ether oxygens (including phenoxy) is 12. The van der Waals surface area contributed by atoms with Crippen molar-refractivity contribution in [3.63, 3.8) is 0 Å². The second-order valence-electron chi connectivity index (χ2n) is 11.2. The topological polar surface area (TPSA) is 128 Å². The molecule has 0 spiro atoms. The van der Waals surface area contributed by atoms with Gasteiger partial charge in [0.2, 0.25) is 0 Å². The highest BCUT2D eigenvalue weighted by atomic mass is 16.6. The van der Waals surface area contributed by atoms with Crippen molar-refractivity contribution in [2.24, 2.45) is 0 Å². The van der Waals surface area contributed by atoms with Crippen LogP contribution < -0.4 is 0 Å². The molecule has 0 saturated carbocycles. The van der Waals surface area contributed by atoms with E-state index in [2.05, 4.69) is 6.92 Å². The van der Waals surface area contributed by atoms with Crippen LogP contribution in [0.25, 0.3) is 0 Å². The number of esters is 1. The summed E-state index contributed by atoms with van der Waals surface area (Å²) in [4.78, 5) is 11.5. The standard InChI is InChI=1S/C33H66O13/c1-5-6-7-8-9-10-35-11-12-36-13-14-37-15-16-38-17-18-39-19-20-40-21-22-41-23-24-42-25-26-43-27-28-44-29-30-45-31-32(34)46-33(2,3)4/h5-31H2,1-4H3. The quantitative estimate of drug-likeness (QED) is 0.0703. The van der Waals surface area contributed by atoms with Crippen LogP contribution >= 0.6 is 0 Å². The zero-order valence-electron chi connectivity index (χ0n) is 29.4. The third-order valence-electron chi connectivity index (χ3n) is 5.75. The molecule has 0 bridgehead atoms. The van der Waals surface area contributed by atoms with Crippen molar-refractivity contribution in [2.75, 3.05) is 145 Å². The average molecular weight is 671 g/mol. The Morgan fingerprint density at radius 3 is 0.913 bits per heavy atom. The van der Waals surface area contributed by atoms with Crippen LogP contribution in [-0.2, 0) is 61.6 Å². The molecule has 0 saturated heterocycles. The molecule has 0 aliphatic heterocycles. The van der Waals surface area contributed by atoms with Gasteiger partial charge >= 0.3 is 5.97 Å². The van der Waals surface area contributed by atoms with Gasteiger partial charge in [0.1, 0.15) is 12.2 Å². The molecule has 0 aliphatic carbocycles. The Bertz CT molecular complexity index is 605. The second-order valence-corrected chi connectivity index (χ2v) is 11.2. The van der Waals surface area contributed by atoms with Gasteiger partial charge in [-0.05, 0) is 27.2 Å². The molecule has 0 radical (unpaired) electrons. The van der Waals surface area contributed by atoms with Crippen LogP contribution in [-0.4, -0.2) is 157 Å².